The molecule has 10 heteroatoms. The topological polar surface area (TPSA) is 71.5 Å². The van der Waals surface area contributed by atoms with Gasteiger partial charge in [0.25, 0.3) is 5.91 Å². The van der Waals surface area contributed by atoms with Gasteiger partial charge in [0.2, 0.25) is 5.91 Å². The highest BCUT2D eigenvalue weighted by Crippen LogP contribution is 2.32. The van der Waals surface area contributed by atoms with E-state index < -0.39 is 17.8 Å². The van der Waals surface area contributed by atoms with Crippen LogP contribution < -0.4 is 15.0 Å². The normalized spacial score (nSPS) is 14.0. The molecule has 1 aliphatic rings. The Kier molecular flexibility index (Phi) is 4.62. The zero-order chi connectivity index (χ0) is 18.0. The Bertz CT molecular complexity index is 807. The first-order valence-electron chi connectivity index (χ1n) is 7.19. The average molecular weight is 371 g/mol. The van der Waals surface area contributed by atoms with Crippen LogP contribution in [0.4, 0.5) is 24.0 Å². The molecule has 0 bridgehead atoms. The van der Waals surface area contributed by atoms with Crippen LogP contribution in [0.5, 0.6) is 5.75 Å². The van der Waals surface area contributed by atoms with Crippen molar-refractivity contribution in [3.63, 3.8) is 0 Å². The Hall–Kier alpha value is -2.62. The van der Waals surface area contributed by atoms with Gasteiger partial charge in [0.1, 0.15) is 5.75 Å². The number of ether oxygens (including phenoxy) is 1. The van der Waals surface area contributed by atoms with Gasteiger partial charge in [-0.3, -0.25) is 9.59 Å². The molecule has 0 fully saturated rings. The fraction of sp³-hybridized carbons (Fsp3) is 0.267. The highest BCUT2D eigenvalue weighted by molar-refractivity contribution is 7.13. The summed E-state index contributed by atoms with van der Waals surface area (Å²) in [4.78, 5) is 28.7. The fourth-order valence-corrected chi connectivity index (χ4v) is 2.99. The molecule has 0 aliphatic carbocycles. The Morgan fingerprint density at radius 1 is 1.36 bits per heavy atom. The highest BCUT2D eigenvalue weighted by atomic mass is 32.1. The van der Waals surface area contributed by atoms with Crippen LogP contribution in [0.1, 0.15) is 12.1 Å². The summed E-state index contributed by atoms with van der Waals surface area (Å²) in [6.45, 7) is -0.0391. The molecule has 2 aromatic rings. The number of amides is 2. The average Bonchev–Trinajstić information content (AvgIpc) is 3.02. The quantitative estimate of drug-likeness (QED) is 0.897. The molecule has 132 valence electrons. The van der Waals surface area contributed by atoms with Crippen LogP contribution >= 0.6 is 11.3 Å². The molecule has 2 amide bonds. The largest absolute Gasteiger partial charge is 0.482 e. The lowest BCUT2D eigenvalue weighted by Gasteiger charge is -2.29. The minimum atomic E-state index is -4.55. The predicted molar refractivity (Wildman–Crippen MR) is 84.7 cm³/mol. The van der Waals surface area contributed by atoms with E-state index >= 15 is 0 Å². The molecule has 0 atom stereocenters. The fourth-order valence-electron chi connectivity index (χ4n) is 2.26. The number of fused-ring (bicyclic) bond motifs is 1. The van der Waals surface area contributed by atoms with Crippen molar-refractivity contribution in [2.24, 2.45) is 0 Å². The summed E-state index contributed by atoms with van der Waals surface area (Å²) in [5.74, 6) is -0.280. The van der Waals surface area contributed by atoms with E-state index in [-0.39, 0.29) is 30.6 Å². The lowest BCUT2D eigenvalue weighted by Crippen LogP contribution is -2.40. The summed E-state index contributed by atoms with van der Waals surface area (Å²) in [5, 5.41) is 3.01. The van der Waals surface area contributed by atoms with Crippen molar-refractivity contribution in [3.8, 4) is 5.75 Å². The Morgan fingerprint density at radius 3 is 2.84 bits per heavy atom. The van der Waals surface area contributed by atoms with Crippen LogP contribution in [-0.2, 0) is 15.8 Å². The number of carbonyl (C=O) groups is 2. The Balaban J connectivity index is 1.61. The summed E-state index contributed by atoms with van der Waals surface area (Å²) in [6.07, 6.45) is -4.63. The third kappa shape index (κ3) is 3.90. The number of anilines is 2. The molecule has 2 heterocycles. The van der Waals surface area contributed by atoms with E-state index in [9.17, 15) is 22.8 Å². The maximum atomic E-state index is 12.5. The van der Waals surface area contributed by atoms with Crippen molar-refractivity contribution in [2.75, 3.05) is 23.4 Å². The SMILES string of the molecule is O=C(CCN1C(=O)COc2ccccc21)Nc1nc(C(F)(F)F)cs1. The number of nitrogens with one attached hydrogen (secondary N) is 1. The van der Waals surface area contributed by atoms with Crippen molar-refractivity contribution >= 4 is 34.0 Å². The number of halogens is 3. The maximum absolute atomic E-state index is 12.5. The number of para-hydroxylation sites is 2. The molecule has 1 aliphatic heterocycles. The van der Waals surface area contributed by atoms with Gasteiger partial charge in [0, 0.05) is 18.3 Å². The molecule has 0 saturated heterocycles. The van der Waals surface area contributed by atoms with Crippen LogP contribution in [0.3, 0.4) is 0 Å². The summed E-state index contributed by atoms with van der Waals surface area (Å²) in [7, 11) is 0. The van der Waals surface area contributed by atoms with E-state index in [2.05, 4.69) is 10.3 Å². The molecule has 1 N–H and O–H groups in total. The summed E-state index contributed by atoms with van der Waals surface area (Å²) >= 11 is 0.692. The second-order valence-electron chi connectivity index (χ2n) is 5.14. The molecule has 3 rings (SSSR count). The van der Waals surface area contributed by atoms with Gasteiger partial charge in [0.15, 0.2) is 17.4 Å². The van der Waals surface area contributed by atoms with Crippen molar-refractivity contribution in [3.05, 3.63) is 35.3 Å². The van der Waals surface area contributed by atoms with Crippen molar-refractivity contribution in [1.82, 2.24) is 4.98 Å². The number of rotatable bonds is 4. The van der Waals surface area contributed by atoms with E-state index in [1.54, 1.807) is 24.3 Å². The van der Waals surface area contributed by atoms with E-state index in [0.717, 1.165) is 5.38 Å². The molecule has 1 aromatic carbocycles. The minimum absolute atomic E-state index is 0.0823. The monoisotopic (exact) mass is 371 g/mol. The minimum Gasteiger partial charge on any atom is -0.482 e. The molecule has 1 aromatic heterocycles. The molecule has 0 saturated carbocycles. The predicted octanol–water partition coefficient (Wildman–Crippen LogP) is 2.92. The van der Waals surface area contributed by atoms with Gasteiger partial charge >= 0.3 is 6.18 Å². The molecule has 0 unspecified atom stereocenters. The van der Waals surface area contributed by atoms with Crippen LogP contribution in [0.25, 0.3) is 0 Å². The molecular weight excluding hydrogens is 359 g/mol. The van der Waals surface area contributed by atoms with Crippen molar-refractivity contribution in [2.45, 2.75) is 12.6 Å². The van der Waals surface area contributed by atoms with Crippen LogP contribution in [0.15, 0.2) is 29.6 Å². The summed E-state index contributed by atoms with van der Waals surface area (Å²) < 4.78 is 42.8. The first-order valence-corrected chi connectivity index (χ1v) is 8.07. The standard InChI is InChI=1S/C15H12F3N3O3S/c16-15(17,18)11-8-25-14(19-11)20-12(22)5-6-21-9-3-1-2-4-10(9)24-7-13(21)23/h1-4,8H,5-7H2,(H,19,20,22). The number of hydrogen-bond donors (Lipinski definition) is 1. The zero-order valence-corrected chi connectivity index (χ0v) is 13.5. The van der Waals surface area contributed by atoms with Gasteiger partial charge in [-0.1, -0.05) is 12.1 Å². The smallest absolute Gasteiger partial charge is 0.434 e. The number of thiazole rings is 1. The number of hydrogen-bond acceptors (Lipinski definition) is 5. The second kappa shape index (κ2) is 6.71. The summed E-state index contributed by atoms with van der Waals surface area (Å²) in [6, 6.07) is 6.91. The Labute approximate surface area is 144 Å². The third-order valence-electron chi connectivity index (χ3n) is 3.41. The van der Waals surface area contributed by atoms with Crippen molar-refractivity contribution < 1.29 is 27.5 Å². The van der Waals surface area contributed by atoms with Crippen molar-refractivity contribution in [1.29, 1.82) is 0 Å². The van der Waals surface area contributed by atoms with Gasteiger partial charge < -0.3 is 15.0 Å². The lowest BCUT2D eigenvalue weighted by atomic mass is 10.2. The van der Waals surface area contributed by atoms with Crippen LogP contribution in [0.2, 0.25) is 0 Å². The van der Waals surface area contributed by atoms with E-state index in [1.807, 2.05) is 0 Å². The number of carbonyl (C=O) groups excluding carboxylic acids is 2. The van der Waals surface area contributed by atoms with Gasteiger partial charge in [-0.15, -0.1) is 11.3 Å². The number of aromatic nitrogens is 1. The summed E-state index contributed by atoms with van der Waals surface area (Å²) in [5.41, 5.74) is -0.495. The molecule has 0 radical (unpaired) electrons. The number of nitrogens with zero attached hydrogens (tertiary/aromatic N) is 2. The van der Waals surface area contributed by atoms with Crippen LogP contribution in [0, 0.1) is 0 Å². The lowest BCUT2D eigenvalue weighted by molar-refractivity contribution is -0.140. The third-order valence-corrected chi connectivity index (χ3v) is 4.17. The molecule has 0 spiro atoms. The number of benzene rings is 1. The molecule has 6 nitrogen and oxygen atoms in total. The van der Waals surface area contributed by atoms with E-state index in [4.69, 9.17) is 4.74 Å². The first kappa shape index (κ1) is 17.2. The molecular formula is C15H12F3N3O3S. The van der Waals surface area contributed by atoms with E-state index in [1.165, 1.54) is 4.90 Å². The number of alkyl halides is 3. The van der Waals surface area contributed by atoms with E-state index in [0.29, 0.717) is 22.8 Å². The highest BCUT2D eigenvalue weighted by Gasteiger charge is 2.34. The molecule has 25 heavy (non-hydrogen) atoms. The first-order chi connectivity index (χ1) is 11.8. The van der Waals surface area contributed by atoms with Gasteiger partial charge in [-0.2, -0.15) is 13.2 Å². The van der Waals surface area contributed by atoms with Gasteiger partial charge in [0.05, 0.1) is 5.69 Å². The van der Waals surface area contributed by atoms with Gasteiger partial charge in [-0.25, -0.2) is 4.98 Å². The Morgan fingerprint density at radius 2 is 2.12 bits per heavy atom. The maximum Gasteiger partial charge on any atom is 0.434 e. The zero-order valence-electron chi connectivity index (χ0n) is 12.7. The second-order valence-corrected chi connectivity index (χ2v) is 5.99. The van der Waals surface area contributed by atoms with Crippen LogP contribution in [-0.4, -0.2) is 29.9 Å². The van der Waals surface area contributed by atoms with Gasteiger partial charge in [-0.05, 0) is 12.1 Å².